The number of rotatable bonds is 6. The molecule has 0 bridgehead atoms. The maximum absolute atomic E-state index is 12.0. The van der Waals surface area contributed by atoms with Gasteiger partial charge in [-0.2, -0.15) is 0 Å². The van der Waals surface area contributed by atoms with Gasteiger partial charge in [0.2, 0.25) is 6.79 Å². The summed E-state index contributed by atoms with van der Waals surface area (Å²) in [6.45, 7) is 6.91. The van der Waals surface area contributed by atoms with Crippen LogP contribution in [0.1, 0.15) is 50.7 Å². The number of likely N-dealkylation sites (tertiary alicyclic amines) is 1. The molecule has 0 aliphatic carbocycles. The second kappa shape index (κ2) is 12.3. The first-order chi connectivity index (χ1) is 12.6. The molecule has 0 atom stereocenters. The molecule has 1 aliphatic rings. The first-order valence-electron chi connectivity index (χ1n) is 9.29. The van der Waals surface area contributed by atoms with E-state index in [4.69, 9.17) is 9.47 Å². The summed E-state index contributed by atoms with van der Waals surface area (Å²) in [5.74, 6) is -0.0834. The molecular formula is C20H31NO5. The number of ether oxygens (including phenoxy) is 3. The van der Waals surface area contributed by atoms with E-state index in [0.717, 1.165) is 19.3 Å². The van der Waals surface area contributed by atoms with Gasteiger partial charge in [-0.05, 0) is 36.3 Å². The third kappa shape index (κ3) is 7.04. The molecule has 1 aromatic carbocycles. The predicted molar refractivity (Wildman–Crippen MR) is 100 cm³/mol. The van der Waals surface area contributed by atoms with Crippen LogP contribution in [0.4, 0.5) is 4.79 Å². The lowest BCUT2D eigenvalue weighted by Gasteiger charge is -2.31. The van der Waals surface area contributed by atoms with Crippen LogP contribution in [0, 0.1) is 0 Å². The van der Waals surface area contributed by atoms with Crippen molar-refractivity contribution in [3.05, 3.63) is 35.4 Å². The van der Waals surface area contributed by atoms with Crippen LogP contribution in [-0.4, -0.2) is 50.6 Å². The average molecular weight is 365 g/mol. The lowest BCUT2D eigenvalue weighted by Crippen LogP contribution is -2.38. The summed E-state index contributed by atoms with van der Waals surface area (Å²) in [6.07, 6.45) is 2.40. The molecule has 146 valence electrons. The number of benzene rings is 1. The summed E-state index contributed by atoms with van der Waals surface area (Å²) in [6, 6.07) is 8.66. The molecule has 2 rings (SSSR count). The fourth-order valence-electron chi connectivity index (χ4n) is 2.86. The van der Waals surface area contributed by atoms with Crippen LogP contribution in [0.3, 0.4) is 0 Å². The van der Waals surface area contributed by atoms with Crippen molar-refractivity contribution < 1.29 is 23.8 Å². The van der Waals surface area contributed by atoms with Crippen LogP contribution in [-0.2, 0) is 25.4 Å². The van der Waals surface area contributed by atoms with Crippen LogP contribution >= 0.6 is 0 Å². The van der Waals surface area contributed by atoms with E-state index in [2.05, 4.69) is 35.9 Å². The van der Waals surface area contributed by atoms with Crippen LogP contribution in [0.15, 0.2) is 24.3 Å². The molecule has 1 fully saturated rings. The lowest BCUT2D eigenvalue weighted by atomic mass is 9.88. The maximum Gasteiger partial charge on any atom is 0.412 e. The number of amides is 1. The maximum atomic E-state index is 12.0. The summed E-state index contributed by atoms with van der Waals surface area (Å²) in [7, 11) is 1.40. The quantitative estimate of drug-likeness (QED) is 0.568. The number of hydrogen-bond acceptors (Lipinski definition) is 5. The number of carbonyl (C=O) groups is 2. The zero-order valence-corrected chi connectivity index (χ0v) is 16.3. The number of esters is 1. The van der Waals surface area contributed by atoms with E-state index < -0.39 is 12.1 Å². The molecule has 0 unspecified atom stereocenters. The highest BCUT2D eigenvalue weighted by molar-refractivity contribution is 5.71. The Kier molecular flexibility index (Phi) is 10.4. The van der Waals surface area contributed by atoms with E-state index in [1.807, 2.05) is 13.8 Å². The Bertz CT molecular complexity index is 553. The molecule has 0 spiro atoms. The fourth-order valence-corrected chi connectivity index (χ4v) is 2.86. The Balaban J connectivity index is 0.00000163. The standard InChI is InChI=1S/C18H25NO5.C2H6/c1-3-14-5-4-6-16(11-14)15-7-9-19(10-8-15)18(21)24-13-23-17(20)12-22-2;1-2/h4-6,11,15H,3,7-10,12-13H2,1-2H3;1-2H3. The average Bonchev–Trinajstić information content (AvgIpc) is 2.70. The van der Waals surface area contributed by atoms with E-state index >= 15 is 0 Å². The third-order valence-electron chi connectivity index (χ3n) is 4.25. The van der Waals surface area contributed by atoms with Gasteiger partial charge in [-0.1, -0.05) is 45.0 Å². The van der Waals surface area contributed by atoms with Crippen molar-refractivity contribution in [3.8, 4) is 0 Å². The van der Waals surface area contributed by atoms with E-state index in [9.17, 15) is 9.59 Å². The minimum atomic E-state index is -0.556. The first-order valence-corrected chi connectivity index (χ1v) is 9.29. The van der Waals surface area contributed by atoms with Crippen molar-refractivity contribution in [2.45, 2.75) is 46.0 Å². The zero-order valence-electron chi connectivity index (χ0n) is 16.3. The fraction of sp³-hybridized carbons (Fsp3) is 0.600. The minimum Gasteiger partial charge on any atom is -0.426 e. The van der Waals surface area contributed by atoms with E-state index in [0.29, 0.717) is 19.0 Å². The van der Waals surface area contributed by atoms with Gasteiger partial charge in [0.15, 0.2) is 0 Å². The Labute approximate surface area is 156 Å². The molecule has 1 amide bonds. The third-order valence-corrected chi connectivity index (χ3v) is 4.25. The van der Waals surface area contributed by atoms with Gasteiger partial charge in [-0.25, -0.2) is 9.59 Å². The first kappa shape index (κ1) is 22.0. The minimum absolute atomic E-state index is 0.153. The van der Waals surface area contributed by atoms with Crippen molar-refractivity contribution in [1.82, 2.24) is 4.90 Å². The van der Waals surface area contributed by atoms with Gasteiger partial charge in [0.25, 0.3) is 0 Å². The smallest absolute Gasteiger partial charge is 0.412 e. The molecule has 1 aromatic rings. The number of carbonyl (C=O) groups excluding carboxylic acids is 2. The topological polar surface area (TPSA) is 65.1 Å². The van der Waals surface area contributed by atoms with Crippen molar-refractivity contribution in [2.75, 3.05) is 33.6 Å². The summed E-state index contributed by atoms with van der Waals surface area (Å²) in [4.78, 5) is 24.7. The van der Waals surface area contributed by atoms with Gasteiger partial charge in [0, 0.05) is 20.2 Å². The summed E-state index contributed by atoms with van der Waals surface area (Å²) < 4.78 is 14.3. The molecule has 26 heavy (non-hydrogen) atoms. The van der Waals surface area contributed by atoms with Gasteiger partial charge in [0.05, 0.1) is 0 Å². The molecule has 0 N–H and O–H groups in total. The Morgan fingerprint density at radius 2 is 1.85 bits per heavy atom. The molecule has 1 heterocycles. The van der Waals surface area contributed by atoms with Crippen molar-refractivity contribution in [2.24, 2.45) is 0 Å². The molecule has 1 aliphatic heterocycles. The Morgan fingerprint density at radius 1 is 1.15 bits per heavy atom. The second-order valence-electron chi connectivity index (χ2n) is 5.84. The number of nitrogens with zero attached hydrogens (tertiary/aromatic N) is 1. The largest absolute Gasteiger partial charge is 0.426 e. The van der Waals surface area contributed by atoms with Gasteiger partial charge in [0.1, 0.15) is 6.61 Å². The van der Waals surface area contributed by atoms with E-state index in [1.165, 1.54) is 18.2 Å². The molecule has 0 radical (unpaired) electrons. The number of hydrogen-bond donors (Lipinski definition) is 0. The van der Waals surface area contributed by atoms with Crippen LogP contribution < -0.4 is 0 Å². The molecule has 6 nitrogen and oxygen atoms in total. The van der Waals surface area contributed by atoms with Gasteiger partial charge < -0.3 is 19.1 Å². The zero-order chi connectivity index (χ0) is 19.4. The van der Waals surface area contributed by atoms with Gasteiger partial charge in [-0.3, -0.25) is 0 Å². The van der Waals surface area contributed by atoms with Crippen LogP contribution in [0.2, 0.25) is 0 Å². The molecule has 1 saturated heterocycles. The number of piperidine rings is 1. The SMILES string of the molecule is CC.CCc1cccc(C2CCN(C(=O)OCOC(=O)COC)CC2)c1. The highest BCUT2D eigenvalue weighted by atomic mass is 16.7. The Morgan fingerprint density at radius 3 is 2.46 bits per heavy atom. The van der Waals surface area contributed by atoms with Crippen molar-refractivity contribution in [1.29, 1.82) is 0 Å². The van der Waals surface area contributed by atoms with Gasteiger partial charge in [-0.15, -0.1) is 0 Å². The number of aryl methyl sites for hydroxylation is 1. The normalized spacial score (nSPS) is 14.2. The van der Waals surface area contributed by atoms with Crippen molar-refractivity contribution >= 4 is 12.1 Å². The second-order valence-corrected chi connectivity index (χ2v) is 5.84. The monoisotopic (exact) mass is 365 g/mol. The van der Waals surface area contributed by atoms with E-state index in [1.54, 1.807) is 4.90 Å². The van der Waals surface area contributed by atoms with E-state index in [-0.39, 0.29) is 13.4 Å². The number of methoxy groups -OCH3 is 1. The summed E-state index contributed by atoms with van der Waals surface area (Å²) >= 11 is 0. The van der Waals surface area contributed by atoms with Crippen LogP contribution in [0.5, 0.6) is 0 Å². The molecule has 0 saturated carbocycles. The molecule has 6 heteroatoms. The highest BCUT2D eigenvalue weighted by Gasteiger charge is 2.25. The predicted octanol–water partition coefficient (Wildman–Crippen LogP) is 3.74. The Hall–Kier alpha value is -2.08. The highest BCUT2D eigenvalue weighted by Crippen LogP contribution is 2.28. The van der Waals surface area contributed by atoms with Crippen LogP contribution in [0.25, 0.3) is 0 Å². The summed E-state index contributed by atoms with van der Waals surface area (Å²) in [5.41, 5.74) is 2.68. The van der Waals surface area contributed by atoms with Gasteiger partial charge >= 0.3 is 12.1 Å². The molecular weight excluding hydrogens is 334 g/mol. The molecule has 0 aromatic heterocycles. The lowest BCUT2D eigenvalue weighted by molar-refractivity contribution is -0.156. The van der Waals surface area contributed by atoms with Crippen molar-refractivity contribution in [3.63, 3.8) is 0 Å². The summed E-state index contributed by atoms with van der Waals surface area (Å²) in [5, 5.41) is 0.